The Bertz CT molecular complexity index is 346. The number of likely N-dealkylation sites (N-methyl/N-ethyl adjacent to an activating group) is 1. The van der Waals surface area contributed by atoms with Crippen LogP contribution in [0.25, 0.3) is 0 Å². The average Bonchev–Trinajstić information content (AvgIpc) is 2.20. The lowest BCUT2D eigenvalue weighted by Crippen LogP contribution is -2.45. The lowest BCUT2D eigenvalue weighted by molar-refractivity contribution is 0.312. The fourth-order valence-corrected chi connectivity index (χ4v) is 2.10. The molecule has 2 rings (SSSR count). The van der Waals surface area contributed by atoms with E-state index in [-0.39, 0.29) is 0 Å². The van der Waals surface area contributed by atoms with E-state index >= 15 is 0 Å². The molecule has 4 heteroatoms. The molecule has 1 saturated heterocycles. The van der Waals surface area contributed by atoms with Crippen LogP contribution >= 0.6 is 11.6 Å². The Morgan fingerprint density at radius 2 is 1.93 bits per heavy atom. The summed E-state index contributed by atoms with van der Waals surface area (Å²) in [6, 6.07) is 1.97. The van der Waals surface area contributed by atoms with Gasteiger partial charge >= 0.3 is 0 Å². The van der Waals surface area contributed by atoms with Gasteiger partial charge in [-0.3, -0.25) is 0 Å². The Morgan fingerprint density at radius 3 is 2.53 bits per heavy atom. The molecule has 0 bridgehead atoms. The van der Waals surface area contributed by atoms with E-state index < -0.39 is 0 Å². The van der Waals surface area contributed by atoms with Gasteiger partial charge in [-0.1, -0.05) is 11.6 Å². The monoisotopic (exact) mass is 225 g/mol. The third-order valence-electron chi connectivity index (χ3n) is 2.82. The van der Waals surface area contributed by atoms with E-state index in [1.165, 1.54) is 0 Å². The van der Waals surface area contributed by atoms with Gasteiger partial charge in [0.25, 0.3) is 0 Å². The number of piperazine rings is 1. The minimum Gasteiger partial charge on any atom is -0.354 e. The van der Waals surface area contributed by atoms with Crippen molar-refractivity contribution in [3.63, 3.8) is 0 Å². The average molecular weight is 226 g/mol. The van der Waals surface area contributed by atoms with Gasteiger partial charge in [0.05, 0.1) is 5.02 Å². The molecule has 0 N–H and O–H groups in total. The second-order valence-corrected chi connectivity index (χ2v) is 4.52. The first kappa shape index (κ1) is 10.7. The topological polar surface area (TPSA) is 19.4 Å². The Hall–Kier alpha value is -0.800. The highest BCUT2D eigenvalue weighted by atomic mass is 35.5. The molecule has 0 spiro atoms. The van der Waals surface area contributed by atoms with E-state index in [1.807, 2.05) is 6.07 Å². The summed E-state index contributed by atoms with van der Waals surface area (Å²) >= 11 is 5.89. The van der Waals surface area contributed by atoms with E-state index in [1.54, 1.807) is 6.20 Å². The number of rotatable bonds is 1. The van der Waals surface area contributed by atoms with Crippen LogP contribution in [0.5, 0.6) is 0 Å². The molecule has 0 atom stereocenters. The highest BCUT2D eigenvalue weighted by molar-refractivity contribution is 6.30. The van der Waals surface area contributed by atoms with E-state index in [9.17, 15) is 0 Å². The summed E-state index contributed by atoms with van der Waals surface area (Å²) in [6.45, 7) is 6.36. The highest BCUT2D eigenvalue weighted by Gasteiger charge is 2.16. The van der Waals surface area contributed by atoms with Crippen molar-refractivity contribution in [1.29, 1.82) is 0 Å². The zero-order valence-electron chi connectivity index (χ0n) is 9.20. The number of hydrogen-bond donors (Lipinski definition) is 0. The van der Waals surface area contributed by atoms with Crippen LogP contribution < -0.4 is 4.90 Å². The van der Waals surface area contributed by atoms with Crippen LogP contribution in [-0.4, -0.2) is 43.1 Å². The van der Waals surface area contributed by atoms with Gasteiger partial charge in [-0.05, 0) is 25.6 Å². The molecule has 0 unspecified atom stereocenters. The Labute approximate surface area is 95.7 Å². The van der Waals surface area contributed by atoms with Crippen molar-refractivity contribution in [2.45, 2.75) is 6.92 Å². The third kappa shape index (κ3) is 2.41. The molecule has 0 aliphatic carbocycles. The number of hydrogen-bond acceptors (Lipinski definition) is 3. The predicted molar refractivity (Wildman–Crippen MR) is 63.7 cm³/mol. The summed E-state index contributed by atoms with van der Waals surface area (Å²) in [7, 11) is 2.15. The highest BCUT2D eigenvalue weighted by Crippen LogP contribution is 2.21. The van der Waals surface area contributed by atoms with Crippen LogP contribution in [0, 0.1) is 6.92 Å². The van der Waals surface area contributed by atoms with E-state index in [2.05, 4.69) is 28.8 Å². The molecule has 1 aromatic rings. The zero-order valence-corrected chi connectivity index (χ0v) is 9.96. The lowest BCUT2D eigenvalue weighted by Gasteiger charge is -2.33. The largest absolute Gasteiger partial charge is 0.354 e. The number of aryl methyl sites for hydroxylation is 1. The maximum atomic E-state index is 5.89. The Morgan fingerprint density at radius 1 is 1.27 bits per heavy atom. The summed E-state index contributed by atoms with van der Waals surface area (Å²) in [5.41, 5.74) is 1.16. The fraction of sp³-hybridized carbons (Fsp3) is 0.545. The van der Waals surface area contributed by atoms with E-state index in [0.717, 1.165) is 37.6 Å². The standard InChI is InChI=1S/C11H16ClN3/c1-9-7-10(12)8-13-11(9)15-5-3-14(2)4-6-15/h7-8H,3-6H2,1-2H3. The molecular formula is C11H16ClN3. The summed E-state index contributed by atoms with van der Waals surface area (Å²) in [5, 5.41) is 0.713. The van der Waals surface area contributed by atoms with Gasteiger partial charge in [0.1, 0.15) is 5.82 Å². The second-order valence-electron chi connectivity index (χ2n) is 4.08. The number of aromatic nitrogens is 1. The van der Waals surface area contributed by atoms with Crippen molar-refractivity contribution in [3.05, 3.63) is 22.8 Å². The summed E-state index contributed by atoms with van der Waals surface area (Å²) in [6.07, 6.45) is 1.72. The van der Waals surface area contributed by atoms with Gasteiger partial charge in [0.15, 0.2) is 0 Å². The van der Waals surface area contributed by atoms with Gasteiger partial charge in [-0.2, -0.15) is 0 Å². The van der Waals surface area contributed by atoms with Crippen molar-refractivity contribution in [2.75, 3.05) is 38.1 Å². The molecule has 1 aliphatic heterocycles. The maximum Gasteiger partial charge on any atom is 0.131 e. The molecule has 2 heterocycles. The number of anilines is 1. The van der Waals surface area contributed by atoms with E-state index in [0.29, 0.717) is 5.02 Å². The first-order valence-electron chi connectivity index (χ1n) is 5.22. The van der Waals surface area contributed by atoms with Crippen molar-refractivity contribution >= 4 is 17.4 Å². The molecule has 0 aromatic carbocycles. The quantitative estimate of drug-likeness (QED) is 0.727. The molecule has 1 aliphatic rings. The minimum absolute atomic E-state index is 0.713. The molecule has 0 radical (unpaired) electrons. The SMILES string of the molecule is Cc1cc(Cl)cnc1N1CCN(C)CC1. The third-order valence-corrected chi connectivity index (χ3v) is 3.03. The van der Waals surface area contributed by atoms with Gasteiger partial charge in [-0.25, -0.2) is 4.98 Å². The van der Waals surface area contributed by atoms with Gasteiger partial charge in [-0.15, -0.1) is 0 Å². The lowest BCUT2D eigenvalue weighted by atomic mass is 10.2. The molecule has 3 nitrogen and oxygen atoms in total. The first-order valence-corrected chi connectivity index (χ1v) is 5.60. The molecule has 0 saturated carbocycles. The van der Waals surface area contributed by atoms with E-state index in [4.69, 9.17) is 11.6 Å². The maximum absolute atomic E-state index is 5.89. The molecule has 0 amide bonds. The minimum atomic E-state index is 0.713. The zero-order chi connectivity index (χ0) is 10.8. The van der Waals surface area contributed by atoms with Crippen molar-refractivity contribution < 1.29 is 0 Å². The Balaban J connectivity index is 2.15. The van der Waals surface area contributed by atoms with Gasteiger partial charge < -0.3 is 9.80 Å². The van der Waals surface area contributed by atoms with Crippen molar-refractivity contribution in [3.8, 4) is 0 Å². The van der Waals surface area contributed by atoms with Crippen LogP contribution in [0.1, 0.15) is 5.56 Å². The smallest absolute Gasteiger partial charge is 0.131 e. The molecule has 1 aromatic heterocycles. The summed E-state index contributed by atoms with van der Waals surface area (Å²) < 4.78 is 0. The number of nitrogens with zero attached hydrogens (tertiary/aromatic N) is 3. The number of halogens is 1. The van der Waals surface area contributed by atoms with Crippen LogP contribution in [-0.2, 0) is 0 Å². The van der Waals surface area contributed by atoms with Crippen LogP contribution in [0.2, 0.25) is 5.02 Å². The first-order chi connectivity index (χ1) is 7.16. The van der Waals surface area contributed by atoms with Crippen LogP contribution in [0.3, 0.4) is 0 Å². The molecule has 15 heavy (non-hydrogen) atoms. The summed E-state index contributed by atoms with van der Waals surface area (Å²) in [5.74, 6) is 1.08. The predicted octanol–water partition coefficient (Wildman–Crippen LogP) is 1.80. The Kier molecular flexibility index (Phi) is 3.12. The number of pyridine rings is 1. The molecule has 1 fully saturated rings. The molecule has 82 valence electrons. The summed E-state index contributed by atoms with van der Waals surface area (Å²) in [4.78, 5) is 9.06. The van der Waals surface area contributed by atoms with Crippen molar-refractivity contribution in [2.24, 2.45) is 0 Å². The van der Waals surface area contributed by atoms with Crippen molar-refractivity contribution in [1.82, 2.24) is 9.88 Å². The van der Waals surface area contributed by atoms with Crippen LogP contribution in [0.15, 0.2) is 12.3 Å². The molecular weight excluding hydrogens is 210 g/mol. The van der Waals surface area contributed by atoms with Gasteiger partial charge in [0.2, 0.25) is 0 Å². The van der Waals surface area contributed by atoms with Crippen LogP contribution in [0.4, 0.5) is 5.82 Å². The fourth-order valence-electron chi connectivity index (χ4n) is 1.88. The second kappa shape index (κ2) is 4.37. The van der Waals surface area contributed by atoms with Gasteiger partial charge in [0, 0.05) is 32.4 Å². The normalized spacial score (nSPS) is 18.2.